The number of carbonyl (C=O) groups excluding carboxylic acids is 1. The molecule has 0 aliphatic heterocycles. The fourth-order valence-corrected chi connectivity index (χ4v) is 3.01. The van der Waals surface area contributed by atoms with Crippen LogP contribution in [-0.2, 0) is 17.7 Å². The number of hydrogen-bond acceptors (Lipinski definition) is 4. The van der Waals surface area contributed by atoms with Crippen molar-refractivity contribution in [2.24, 2.45) is 0 Å². The summed E-state index contributed by atoms with van der Waals surface area (Å²) in [5.74, 6) is 0. The molecule has 1 amide bonds. The summed E-state index contributed by atoms with van der Waals surface area (Å²) in [5.41, 5.74) is -0.453. The van der Waals surface area contributed by atoms with Crippen LogP contribution in [0.3, 0.4) is 0 Å². The molecule has 0 saturated carbocycles. The molecule has 1 atom stereocenters. The molecule has 0 radical (unpaired) electrons. The summed E-state index contributed by atoms with van der Waals surface area (Å²) >= 11 is 1.85. The van der Waals surface area contributed by atoms with Gasteiger partial charge in [0.05, 0.1) is 0 Å². The normalized spacial score (nSPS) is 13.0. The SMILES string of the molecule is CCCC(CNC(=O)OC(C)(C)C)NCc1ccc(CC)s1. The highest BCUT2D eigenvalue weighted by atomic mass is 32.1. The van der Waals surface area contributed by atoms with Gasteiger partial charge in [0, 0.05) is 28.9 Å². The number of nitrogens with one attached hydrogen (secondary N) is 2. The minimum atomic E-state index is -0.453. The van der Waals surface area contributed by atoms with Crippen LogP contribution in [0.5, 0.6) is 0 Å². The van der Waals surface area contributed by atoms with Crippen molar-refractivity contribution >= 4 is 17.4 Å². The first-order chi connectivity index (χ1) is 10.3. The van der Waals surface area contributed by atoms with Gasteiger partial charge in [0.1, 0.15) is 5.60 Å². The maximum absolute atomic E-state index is 11.7. The van der Waals surface area contributed by atoms with E-state index in [0.29, 0.717) is 6.54 Å². The van der Waals surface area contributed by atoms with E-state index in [1.807, 2.05) is 32.1 Å². The maximum atomic E-state index is 11.7. The molecule has 5 heteroatoms. The van der Waals surface area contributed by atoms with Gasteiger partial charge in [-0.1, -0.05) is 20.3 Å². The Kier molecular flexibility index (Phi) is 7.90. The zero-order valence-corrected chi connectivity index (χ0v) is 15.3. The Hall–Kier alpha value is -1.07. The summed E-state index contributed by atoms with van der Waals surface area (Å²) in [6, 6.07) is 4.64. The Bertz CT molecular complexity index is 452. The number of amides is 1. The second-order valence-corrected chi connectivity index (χ2v) is 7.72. The molecular weight excluding hydrogens is 296 g/mol. The number of aryl methyl sites for hydroxylation is 1. The monoisotopic (exact) mass is 326 g/mol. The van der Waals surface area contributed by atoms with Crippen molar-refractivity contribution in [3.63, 3.8) is 0 Å². The van der Waals surface area contributed by atoms with Crippen LogP contribution >= 0.6 is 11.3 Å². The lowest BCUT2D eigenvalue weighted by Gasteiger charge is -2.22. The fourth-order valence-electron chi connectivity index (χ4n) is 2.10. The Morgan fingerprint density at radius 3 is 2.50 bits per heavy atom. The van der Waals surface area contributed by atoms with Crippen LogP contribution in [0.2, 0.25) is 0 Å². The van der Waals surface area contributed by atoms with Crippen molar-refractivity contribution in [1.82, 2.24) is 10.6 Å². The van der Waals surface area contributed by atoms with Crippen LogP contribution in [0.1, 0.15) is 57.2 Å². The van der Waals surface area contributed by atoms with Gasteiger partial charge in [-0.25, -0.2) is 4.79 Å². The molecule has 0 saturated heterocycles. The number of hydrogen-bond donors (Lipinski definition) is 2. The predicted molar refractivity (Wildman–Crippen MR) is 93.5 cm³/mol. The van der Waals surface area contributed by atoms with Gasteiger partial charge in [-0.3, -0.25) is 0 Å². The molecule has 4 nitrogen and oxygen atoms in total. The van der Waals surface area contributed by atoms with E-state index in [-0.39, 0.29) is 12.1 Å². The molecule has 0 aliphatic carbocycles. The van der Waals surface area contributed by atoms with Gasteiger partial charge in [0.25, 0.3) is 0 Å². The van der Waals surface area contributed by atoms with Crippen LogP contribution in [-0.4, -0.2) is 24.3 Å². The summed E-state index contributed by atoms with van der Waals surface area (Å²) in [7, 11) is 0. The van der Waals surface area contributed by atoms with Crippen molar-refractivity contribution < 1.29 is 9.53 Å². The first-order valence-corrected chi connectivity index (χ1v) is 8.93. The summed E-state index contributed by atoms with van der Waals surface area (Å²) in [4.78, 5) is 14.5. The highest BCUT2D eigenvalue weighted by molar-refractivity contribution is 7.11. The third-order valence-corrected chi connectivity index (χ3v) is 4.39. The number of alkyl carbamates (subject to hydrolysis) is 1. The molecule has 1 aromatic rings. The van der Waals surface area contributed by atoms with E-state index in [1.54, 1.807) is 0 Å². The zero-order chi connectivity index (χ0) is 16.6. The first-order valence-electron chi connectivity index (χ1n) is 8.11. The number of rotatable bonds is 8. The van der Waals surface area contributed by atoms with E-state index in [0.717, 1.165) is 25.8 Å². The standard InChI is InChI=1S/C17H30N2O2S/c1-6-8-13(11-19-16(20)21-17(3,4)5)18-12-15-10-9-14(7-2)22-15/h9-10,13,18H,6-8,11-12H2,1-5H3,(H,19,20). The maximum Gasteiger partial charge on any atom is 0.407 e. The van der Waals surface area contributed by atoms with Crippen LogP contribution in [0.25, 0.3) is 0 Å². The van der Waals surface area contributed by atoms with E-state index < -0.39 is 5.60 Å². The molecule has 1 heterocycles. The van der Waals surface area contributed by atoms with Crippen molar-refractivity contribution in [3.8, 4) is 0 Å². The number of thiophene rings is 1. The predicted octanol–water partition coefficient (Wildman–Crippen LogP) is 4.09. The van der Waals surface area contributed by atoms with Gasteiger partial charge >= 0.3 is 6.09 Å². The van der Waals surface area contributed by atoms with Gasteiger partial charge < -0.3 is 15.4 Å². The van der Waals surface area contributed by atoms with Crippen molar-refractivity contribution in [2.45, 2.75) is 72.1 Å². The summed E-state index contributed by atoms with van der Waals surface area (Å²) < 4.78 is 5.27. The average molecular weight is 327 g/mol. The zero-order valence-electron chi connectivity index (χ0n) is 14.5. The van der Waals surface area contributed by atoms with Crippen LogP contribution in [0, 0.1) is 0 Å². The quantitative estimate of drug-likeness (QED) is 0.756. The summed E-state index contributed by atoms with van der Waals surface area (Å²) in [5, 5.41) is 6.39. The van der Waals surface area contributed by atoms with Crippen molar-refractivity contribution in [2.75, 3.05) is 6.54 Å². The molecule has 1 unspecified atom stereocenters. The molecule has 0 spiro atoms. The first kappa shape index (κ1) is 19.0. The third-order valence-electron chi connectivity index (χ3n) is 3.16. The van der Waals surface area contributed by atoms with Gasteiger partial charge in [0.15, 0.2) is 0 Å². The summed E-state index contributed by atoms with van der Waals surface area (Å²) in [6.07, 6.45) is 2.85. The largest absolute Gasteiger partial charge is 0.444 e. The van der Waals surface area contributed by atoms with Gasteiger partial charge in [-0.05, 0) is 45.7 Å². The van der Waals surface area contributed by atoms with Crippen LogP contribution in [0.4, 0.5) is 4.79 Å². The van der Waals surface area contributed by atoms with Crippen LogP contribution < -0.4 is 10.6 Å². The fraction of sp³-hybridized carbons (Fsp3) is 0.706. The number of carbonyl (C=O) groups is 1. The van der Waals surface area contributed by atoms with Crippen molar-refractivity contribution in [3.05, 3.63) is 21.9 Å². The second kappa shape index (κ2) is 9.16. The average Bonchev–Trinajstić information content (AvgIpc) is 2.88. The molecule has 1 aromatic heterocycles. The molecule has 2 N–H and O–H groups in total. The topological polar surface area (TPSA) is 50.4 Å². The minimum Gasteiger partial charge on any atom is -0.444 e. The Morgan fingerprint density at radius 1 is 1.27 bits per heavy atom. The molecule has 0 aliphatic rings. The van der Waals surface area contributed by atoms with E-state index in [9.17, 15) is 4.79 Å². The van der Waals surface area contributed by atoms with Crippen LogP contribution in [0.15, 0.2) is 12.1 Å². The van der Waals surface area contributed by atoms with E-state index in [2.05, 4.69) is 36.6 Å². The number of ether oxygens (including phenoxy) is 1. The molecule has 0 aromatic carbocycles. The van der Waals surface area contributed by atoms with E-state index in [4.69, 9.17) is 4.74 Å². The highest BCUT2D eigenvalue weighted by Crippen LogP contribution is 2.17. The Labute approximate surface area is 138 Å². The molecule has 22 heavy (non-hydrogen) atoms. The Morgan fingerprint density at radius 2 is 1.95 bits per heavy atom. The molecule has 1 rings (SSSR count). The van der Waals surface area contributed by atoms with E-state index >= 15 is 0 Å². The second-order valence-electron chi connectivity index (χ2n) is 6.47. The minimum absolute atomic E-state index is 0.268. The lowest BCUT2D eigenvalue weighted by molar-refractivity contribution is 0.0521. The summed E-state index contributed by atoms with van der Waals surface area (Å²) in [6.45, 7) is 11.4. The van der Waals surface area contributed by atoms with E-state index in [1.165, 1.54) is 9.75 Å². The molecule has 0 fully saturated rings. The van der Waals surface area contributed by atoms with Gasteiger partial charge in [0.2, 0.25) is 0 Å². The van der Waals surface area contributed by atoms with Gasteiger partial charge in [-0.15, -0.1) is 11.3 Å². The molecule has 0 bridgehead atoms. The lowest BCUT2D eigenvalue weighted by Crippen LogP contribution is -2.42. The Balaban J connectivity index is 2.39. The molecular formula is C17H30N2O2S. The van der Waals surface area contributed by atoms with Crippen molar-refractivity contribution in [1.29, 1.82) is 0 Å². The smallest absolute Gasteiger partial charge is 0.407 e. The highest BCUT2D eigenvalue weighted by Gasteiger charge is 2.17. The lowest BCUT2D eigenvalue weighted by atomic mass is 10.1. The molecule has 126 valence electrons. The van der Waals surface area contributed by atoms with Gasteiger partial charge in [-0.2, -0.15) is 0 Å². The third kappa shape index (κ3) is 7.80.